The van der Waals surface area contributed by atoms with Crippen molar-refractivity contribution in [1.82, 2.24) is 9.97 Å². The van der Waals surface area contributed by atoms with Gasteiger partial charge in [-0.1, -0.05) is 0 Å². The highest BCUT2D eigenvalue weighted by Gasteiger charge is 2.25. The summed E-state index contributed by atoms with van der Waals surface area (Å²) in [5.41, 5.74) is 5.40. The van der Waals surface area contributed by atoms with E-state index in [1.807, 2.05) is 19.9 Å². The van der Waals surface area contributed by atoms with Crippen molar-refractivity contribution < 1.29 is 4.79 Å². The van der Waals surface area contributed by atoms with Gasteiger partial charge in [0.2, 0.25) is 5.91 Å². The molecule has 1 saturated heterocycles. The topological polar surface area (TPSA) is 84.1 Å². The first-order chi connectivity index (χ1) is 9.10. The predicted octanol–water partition coefficient (Wildman–Crippen LogP) is 0.919. The standard InChI is InChI=1S/C13H21N5O/c1-3-15-11-7-12(17-9(2)16-11)18-6-4-5-10(8-18)13(14)19/h7,10H,3-6,8H2,1-2H3,(H2,14,19)(H,15,16,17). The molecule has 0 aliphatic carbocycles. The Morgan fingerprint density at radius 1 is 1.58 bits per heavy atom. The number of anilines is 2. The summed E-state index contributed by atoms with van der Waals surface area (Å²) in [7, 11) is 0. The minimum Gasteiger partial charge on any atom is -0.370 e. The van der Waals surface area contributed by atoms with Gasteiger partial charge in [0.25, 0.3) is 0 Å². The number of primary amides is 1. The van der Waals surface area contributed by atoms with Crippen LogP contribution in [0.15, 0.2) is 6.07 Å². The van der Waals surface area contributed by atoms with Crippen molar-refractivity contribution in [2.24, 2.45) is 11.7 Å². The number of amides is 1. The molecule has 2 heterocycles. The average molecular weight is 263 g/mol. The SMILES string of the molecule is CCNc1cc(N2CCCC(C(N)=O)C2)nc(C)n1. The van der Waals surface area contributed by atoms with Crippen molar-refractivity contribution in [3.8, 4) is 0 Å². The number of hydrogen-bond donors (Lipinski definition) is 2. The molecule has 6 heteroatoms. The first-order valence-corrected chi connectivity index (χ1v) is 6.74. The van der Waals surface area contributed by atoms with Crippen molar-refractivity contribution >= 4 is 17.5 Å². The monoisotopic (exact) mass is 263 g/mol. The second-order valence-corrected chi connectivity index (χ2v) is 4.88. The third-order valence-corrected chi connectivity index (χ3v) is 3.33. The van der Waals surface area contributed by atoms with Crippen molar-refractivity contribution in [3.63, 3.8) is 0 Å². The van der Waals surface area contributed by atoms with E-state index in [0.717, 1.165) is 43.4 Å². The van der Waals surface area contributed by atoms with E-state index in [1.54, 1.807) is 0 Å². The minimum absolute atomic E-state index is 0.0772. The number of hydrogen-bond acceptors (Lipinski definition) is 5. The van der Waals surface area contributed by atoms with Crippen LogP contribution in [0.5, 0.6) is 0 Å². The Hall–Kier alpha value is -1.85. The molecule has 6 nitrogen and oxygen atoms in total. The quantitative estimate of drug-likeness (QED) is 0.844. The zero-order valence-corrected chi connectivity index (χ0v) is 11.5. The predicted molar refractivity (Wildman–Crippen MR) is 75.1 cm³/mol. The molecule has 1 unspecified atom stereocenters. The van der Waals surface area contributed by atoms with Gasteiger partial charge < -0.3 is 16.0 Å². The largest absolute Gasteiger partial charge is 0.370 e. The molecule has 1 aliphatic heterocycles. The molecule has 1 fully saturated rings. The van der Waals surface area contributed by atoms with Crippen LogP contribution in [0.3, 0.4) is 0 Å². The van der Waals surface area contributed by atoms with Gasteiger partial charge in [0.05, 0.1) is 5.92 Å². The van der Waals surface area contributed by atoms with E-state index in [9.17, 15) is 4.79 Å². The maximum atomic E-state index is 11.3. The molecular weight excluding hydrogens is 242 g/mol. The molecule has 104 valence electrons. The molecule has 0 saturated carbocycles. The van der Waals surface area contributed by atoms with E-state index in [2.05, 4.69) is 20.2 Å². The highest BCUT2D eigenvalue weighted by atomic mass is 16.1. The van der Waals surface area contributed by atoms with Crippen LogP contribution >= 0.6 is 0 Å². The second-order valence-electron chi connectivity index (χ2n) is 4.88. The smallest absolute Gasteiger partial charge is 0.222 e. The van der Waals surface area contributed by atoms with E-state index in [0.29, 0.717) is 6.54 Å². The Morgan fingerprint density at radius 3 is 3.05 bits per heavy atom. The fourth-order valence-corrected chi connectivity index (χ4v) is 2.40. The molecule has 0 radical (unpaired) electrons. The third kappa shape index (κ3) is 3.33. The fourth-order valence-electron chi connectivity index (χ4n) is 2.40. The maximum absolute atomic E-state index is 11.3. The van der Waals surface area contributed by atoms with Gasteiger partial charge in [-0.2, -0.15) is 0 Å². The van der Waals surface area contributed by atoms with Gasteiger partial charge in [0.15, 0.2) is 0 Å². The molecule has 1 aliphatic rings. The molecule has 1 aromatic rings. The molecule has 0 aromatic carbocycles. The highest BCUT2D eigenvalue weighted by molar-refractivity contribution is 5.77. The third-order valence-electron chi connectivity index (χ3n) is 3.33. The number of rotatable bonds is 4. The van der Waals surface area contributed by atoms with E-state index >= 15 is 0 Å². The normalized spacial score (nSPS) is 19.3. The molecule has 1 amide bonds. The van der Waals surface area contributed by atoms with Crippen molar-refractivity contribution in [1.29, 1.82) is 0 Å². The van der Waals surface area contributed by atoms with Gasteiger partial charge in [0.1, 0.15) is 17.5 Å². The lowest BCUT2D eigenvalue weighted by atomic mass is 9.97. The van der Waals surface area contributed by atoms with Gasteiger partial charge >= 0.3 is 0 Å². The average Bonchev–Trinajstić information content (AvgIpc) is 2.38. The van der Waals surface area contributed by atoms with E-state index < -0.39 is 0 Å². The van der Waals surface area contributed by atoms with Crippen LogP contribution in [-0.2, 0) is 4.79 Å². The number of nitrogens with one attached hydrogen (secondary N) is 1. The molecule has 3 N–H and O–H groups in total. The number of nitrogens with two attached hydrogens (primary N) is 1. The molecule has 2 rings (SSSR count). The number of aromatic nitrogens is 2. The zero-order chi connectivity index (χ0) is 13.8. The summed E-state index contributed by atoms with van der Waals surface area (Å²) in [4.78, 5) is 22.2. The summed E-state index contributed by atoms with van der Waals surface area (Å²) in [6.07, 6.45) is 1.84. The minimum atomic E-state index is -0.220. The number of piperidine rings is 1. The molecule has 1 aromatic heterocycles. The lowest BCUT2D eigenvalue weighted by molar-refractivity contribution is -0.122. The summed E-state index contributed by atoms with van der Waals surface area (Å²) in [6.45, 7) is 6.28. The molecule has 19 heavy (non-hydrogen) atoms. The summed E-state index contributed by atoms with van der Waals surface area (Å²) >= 11 is 0. The van der Waals surface area contributed by atoms with Crippen LogP contribution in [0.4, 0.5) is 11.6 Å². The van der Waals surface area contributed by atoms with Crippen molar-refractivity contribution in [2.75, 3.05) is 29.9 Å². The maximum Gasteiger partial charge on any atom is 0.222 e. The van der Waals surface area contributed by atoms with Crippen LogP contribution in [0.1, 0.15) is 25.6 Å². The Kier molecular flexibility index (Phi) is 4.19. The second kappa shape index (κ2) is 5.86. The van der Waals surface area contributed by atoms with Gasteiger partial charge in [-0.3, -0.25) is 4.79 Å². The summed E-state index contributed by atoms with van der Waals surface area (Å²) < 4.78 is 0. The Morgan fingerprint density at radius 2 is 2.37 bits per heavy atom. The Balaban J connectivity index is 2.18. The molecular formula is C13H21N5O. The van der Waals surface area contributed by atoms with Gasteiger partial charge in [0, 0.05) is 25.7 Å². The Labute approximate surface area is 113 Å². The van der Waals surface area contributed by atoms with Crippen LogP contribution in [0.2, 0.25) is 0 Å². The van der Waals surface area contributed by atoms with Crippen molar-refractivity contribution in [2.45, 2.75) is 26.7 Å². The number of aryl methyl sites for hydroxylation is 1. The lowest BCUT2D eigenvalue weighted by Crippen LogP contribution is -2.41. The van der Waals surface area contributed by atoms with Crippen LogP contribution in [-0.4, -0.2) is 35.5 Å². The van der Waals surface area contributed by atoms with Gasteiger partial charge in [-0.25, -0.2) is 9.97 Å². The zero-order valence-electron chi connectivity index (χ0n) is 11.5. The first-order valence-electron chi connectivity index (χ1n) is 6.74. The summed E-state index contributed by atoms with van der Waals surface area (Å²) in [6, 6.07) is 1.93. The van der Waals surface area contributed by atoms with Gasteiger partial charge in [-0.05, 0) is 26.7 Å². The number of nitrogens with zero attached hydrogens (tertiary/aromatic N) is 3. The summed E-state index contributed by atoms with van der Waals surface area (Å²) in [5.74, 6) is 2.13. The van der Waals surface area contributed by atoms with Crippen molar-refractivity contribution in [3.05, 3.63) is 11.9 Å². The van der Waals surface area contributed by atoms with Crippen LogP contribution in [0.25, 0.3) is 0 Å². The number of carbonyl (C=O) groups is 1. The summed E-state index contributed by atoms with van der Waals surface area (Å²) in [5, 5.41) is 3.19. The first kappa shape index (κ1) is 13.6. The molecule has 0 bridgehead atoms. The van der Waals surface area contributed by atoms with E-state index in [-0.39, 0.29) is 11.8 Å². The fraction of sp³-hybridized carbons (Fsp3) is 0.615. The molecule has 0 spiro atoms. The number of carbonyl (C=O) groups excluding carboxylic acids is 1. The van der Waals surface area contributed by atoms with Crippen LogP contribution < -0.4 is 16.0 Å². The molecule has 1 atom stereocenters. The lowest BCUT2D eigenvalue weighted by Gasteiger charge is -2.32. The Bertz CT molecular complexity index is 462. The van der Waals surface area contributed by atoms with Crippen LogP contribution in [0, 0.1) is 12.8 Å². The van der Waals surface area contributed by atoms with E-state index in [4.69, 9.17) is 5.73 Å². The van der Waals surface area contributed by atoms with Gasteiger partial charge in [-0.15, -0.1) is 0 Å². The highest BCUT2D eigenvalue weighted by Crippen LogP contribution is 2.23. The van der Waals surface area contributed by atoms with E-state index in [1.165, 1.54) is 0 Å².